The second-order valence-corrected chi connectivity index (χ2v) is 6.24. The molecule has 0 saturated heterocycles. The van der Waals surface area contributed by atoms with Gasteiger partial charge >= 0.3 is 0 Å². The Balaban J connectivity index is 1.87. The largest absolute Gasteiger partial charge is 0.300 e. The minimum absolute atomic E-state index is 0.569. The molecule has 16 heavy (non-hydrogen) atoms. The van der Waals surface area contributed by atoms with Crippen molar-refractivity contribution in [2.24, 2.45) is 5.41 Å². The first-order valence-corrected chi connectivity index (χ1v) is 7.78. The van der Waals surface area contributed by atoms with E-state index in [1.165, 1.54) is 64.5 Å². The highest BCUT2D eigenvalue weighted by atomic mass is 32.1. The van der Waals surface area contributed by atoms with Crippen LogP contribution in [0.15, 0.2) is 0 Å². The fraction of sp³-hybridized carbons (Fsp3) is 1.00. The monoisotopic (exact) mass is 241 g/mol. The maximum absolute atomic E-state index is 4.63. The van der Waals surface area contributed by atoms with E-state index >= 15 is 0 Å². The predicted molar refractivity (Wildman–Crippen MR) is 74.3 cm³/mol. The van der Waals surface area contributed by atoms with Gasteiger partial charge in [0.25, 0.3) is 0 Å². The van der Waals surface area contributed by atoms with Gasteiger partial charge in [-0.25, -0.2) is 0 Å². The predicted octanol–water partition coefficient (Wildman–Crippen LogP) is 3.74. The fourth-order valence-electron chi connectivity index (χ4n) is 3.11. The molecule has 1 nitrogen and oxygen atoms in total. The topological polar surface area (TPSA) is 3.24 Å². The van der Waals surface area contributed by atoms with E-state index in [9.17, 15) is 0 Å². The summed E-state index contributed by atoms with van der Waals surface area (Å²) < 4.78 is 0. The van der Waals surface area contributed by atoms with Gasteiger partial charge in [0.2, 0.25) is 0 Å². The normalized spacial score (nSPS) is 24.2. The zero-order chi connectivity index (χ0) is 11.4. The maximum atomic E-state index is 4.63. The molecule has 2 rings (SSSR count). The molecular weight excluding hydrogens is 214 g/mol. The average molecular weight is 241 g/mol. The van der Waals surface area contributed by atoms with E-state index in [2.05, 4.69) is 24.5 Å². The van der Waals surface area contributed by atoms with Gasteiger partial charge in [0.15, 0.2) is 0 Å². The van der Waals surface area contributed by atoms with Crippen LogP contribution >= 0.6 is 12.6 Å². The summed E-state index contributed by atoms with van der Waals surface area (Å²) in [6.07, 6.45) is 11.3. The van der Waals surface area contributed by atoms with Crippen LogP contribution in [0.1, 0.15) is 58.3 Å². The number of rotatable bonds is 7. The standard InChI is InChI=1S/C14H27NS/c1-2-3-10-15(13-6-7-13)11-14(12-16)8-4-5-9-14/h13,16H,2-12H2,1H3. The molecule has 0 aromatic rings. The molecule has 2 heteroatoms. The Bertz CT molecular complexity index is 207. The smallest absolute Gasteiger partial charge is 0.00966 e. The maximum Gasteiger partial charge on any atom is 0.00966 e. The van der Waals surface area contributed by atoms with Crippen LogP contribution in [0.2, 0.25) is 0 Å². The van der Waals surface area contributed by atoms with Gasteiger partial charge in [-0.05, 0) is 49.8 Å². The van der Waals surface area contributed by atoms with Crippen LogP contribution in [0.3, 0.4) is 0 Å². The second kappa shape index (κ2) is 5.77. The Hall–Kier alpha value is 0.310. The SMILES string of the molecule is CCCCN(CC1(CS)CCCC1)C1CC1. The Labute approximate surface area is 106 Å². The summed E-state index contributed by atoms with van der Waals surface area (Å²) in [5, 5.41) is 0. The lowest BCUT2D eigenvalue weighted by atomic mass is 9.87. The molecule has 0 radical (unpaired) electrons. The molecule has 0 atom stereocenters. The van der Waals surface area contributed by atoms with Crippen molar-refractivity contribution in [1.29, 1.82) is 0 Å². The lowest BCUT2D eigenvalue weighted by Crippen LogP contribution is -2.39. The molecular formula is C14H27NS. The summed E-state index contributed by atoms with van der Waals surface area (Å²) in [5.41, 5.74) is 0.569. The zero-order valence-electron chi connectivity index (χ0n) is 10.7. The molecule has 0 N–H and O–H groups in total. The summed E-state index contributed by atoms with van der Waals surface area (Å²) in [5.74, 6) is 1.10. The Morgan fingerprint density at radius 2 is 1.94 bits per heavy atom. The third kappa shape index (κ3) is 3.16. The van der Waals surface area contributed by atoms with Gasteiger partial charge in [-0.2, -0.15) is 12.6 Å². The van der Waals surface area contributed by atoms with Crippen molar-refractivity contribution in [3.05, 3.63) is 0 Å². The number of nitrogens with zero attached hydrogens (tertiary/aromatic N) is 1. The van der Waals surface area contributed by atoms with E-state index in [1.54, 1.807) is 0 Å². The molecule has 0 spiro atoms. The van der Waals surface area contributed by atoms with Gasteiger partial charge in [0.05, 0.1) is 0 Å². The van der Waals surface area contributed by atoms with Crippen molar-refractivity contribution < 1.29 is 0 Å². The van der Waals surface area contributed by atoms with Crippen LogP contribution in [0.5, 0.6) is 0 Å². The molecule has 0 amide bonds. The quantitative estimate of drug-likeness (QED) is 0.665. The summed E-state index contributed by atoms with van der Waals surface area (Å²) in [7, 11) is 0. The number of hydrogen-bond acceptors (Lipinski definition) is 2. The third-order valence-electron chi connectivity index (χ3n) is 4.40. The zero-order valence-corrected chi connectivity index (χ0v) is 11.6. The minimum Gasteiger partial charge on any atom is -0.300 e. The van der Waals surface area contributed by atoms with Gasteiger partial charge in [0, 0.05) is 12.6 Å². The molecule has 94 valence electrons. The van der Waals surface area contributed by atoms with Crippen molar-refractivity contribution in [3.8, 4) is 0 Å². The Morgan fingerprint density at radius 1 is 1.25 bits per heavy atom. The fourth-order valence-corrected chi connectivity index (χ4v) is 3.53. The second-order valence-electron chi connectivity index (χ2n) is 5.92. The summed E-state index contributed by atoms with van der Waals surface area (Å²) in [6.45, 7) is 4.97. The summed E-state index contributed by atoms with van der Waals surface area (Å²) >= 11 is 4.63. The number of hydrogen-bond donors (Lipinski definition) is 1. The highest BCUT2D eigenvalue weighted by Gasteiger charge is 2.38. The third-order valence-corrected chi connectivity index (χ3v) is 5.07. The van der Waals surface area contributed by atoms with E-state index < -0.39 is 0 Å². The van der Waals surface area contributed by atoms with Gasteiger partial charge < -0.3 is 0 Å². The van der Waals surface area contributed by atoms with Crippen molar-refractivity contribution in [3.63, 3.8) is 0 Å². The lowest BCUT2D eigenvalue weighted by molar-refractivity contribution is 0.162. The van der Waals surface area contributed by atoms with Crippen LogP contribution in [0.25, 0.3) is 0 Å². The van der Waals surface area contributed by atoms with Crippen molar-refractivity contribution in [2.45, 2.75) is 64.3 Å². The highest BCUT2D eigenvalue weighted by molar-refractivity contribution is 7.80. The first-order chi connectivity index (χ1) is 7.79. The molecule has 0 aromatic carbocycles. The Kier molecular flexibility index (Phi) is 4.60. The van der Waals surface area contributed by atoms with E-state index in [-0.39, 0.29) is 0 Å². The molecule has 2 aliphatic rings. The number of unbranched alkanes of at least 4 members (excludes halogenated alkanes) is 1. The van der Waals surface area contributed by atoms with E-state index in [1.807, 2.05) is 0 Å². The summed E-state index contributed by atoms with van der Waals surface area (Å²) in [4.78, 5) is 2.78. The van der Waals surface area contributed by atoms with Crippen LogP contribution < -0.4 is 0 Å². The molecule has 2 fully saturated rings. The van der Waals surface area contributed by atoms with Crippen LogP contribution in [-0.2, 0) is 0 Å². The van der Waals surface area contributed by atoms with Crippen molar-refractivity contribution in [1.82, 2.24) is 4.90 Å². The van der Waals surface area contributed by atoms with Gasteiger partial charge in [0.1, 0.15) is 0 Å². The van der Waals surface area contributed by atoms with Crippen molar-refractivity contribution in [2.75, 3.05) is 18.8 Å². The van der Waals surface area contributed by atoms with E-state index in [0.29, 0.717) is 5.41 Å². The summed E-state index contributed by atoms with van der Waals surface area (Å²) in [6, 6.07) is 0.934. The highest BCUT2D eigenvalue weighted by Crippen LogP contribution is 2.41. The molecule has 2 aliphatic carbocycles. The van der Waals surface area contributed by atoms with Crippen LogP contribution in [0, 0.1) is 5.41 Å². The van der Waals surface area contributed by atoms with Gasteiger partial charge in [-0.1, -0.05) is 26.2 Å². The van der Waals surface area contributed by atoms with Crippen molar-refractivity contribution >= 4 is 12.6 Å². The van der Waals surface area contributed by atoms with E-state index in [0.717, 1.165) is 11.8 Å². The molecule has 0 aromatic heterocycles. The first kappa shape index (κ1) is 12.8. The van der Waals surface area contributed by atoms with E-state index in [4.69, 9.17) is 0 Å². The van der Waals surface area contributed by atoms with Gasteiger partial charge in [-0.15, -0.1) is 0 Å². The average Bonchev–Trinajstić information content (AvgIpc) is 3.05. The molecule has 0 heterocycles. The number of thiol groups is 1. The molecule has 2 saturated carbocycles. The first-order valence-electron chi connectivity index (χ1n) is 7.14. The molecule has 0 unspecified atom stereocenters. The lowest BCUT2D eigenvalue weighted by Gasteiger charge is -2.34. The minimum atomic E-state index is 0.569. The molecule has 0 bridgehead atoms. The molecule has 0 aliphatic heterocycles. The van der Waals surface area contributed by atoms with Crippen LogP contribution in [-0.4, -0.2) is 29.8 Å². The Morgan fingerprint density at radius 3 is 2.44 bits per heavy atom. The van der Waals surface area contributed by atoms with Crippen LogP contribution in [0.4, 0.5) is 0 Å². The van der Waals surface area contributed by atoms with Gasteiger partial charge in [-0.3, -0.25) is 4.90 Å².